The standard InChI is InChI=1S/C13H19N5S/c14-9-10-3-5-18(6-4-10)13-15-12(16-17-13)8-11-2-1-7-19-11/h1-2,7,10H,3-6,8-9,14H2,(H,15,16,17). The Hall–Kier alpha value is -1.40. The summed E-state index contributed by atoms with van der Waals surface area (Å²) >= 11 is 1.75. The molecular formula is C13H19N5S. The van der Waals surface area contributed by atoms with E-state index in [1.165, 1.54) is 4.88 Å². The number of aromatic amines is 1. The van der Waals surface area contributed by atoms with Crippen molar-refractivity contribution in [3.05, 3.63) is 28.2 Å². The quantitative estimate of drug-likeness (QED) is 0.891. The molecular weight excluding hydrogens is 258 g/mol. The van der Waals surface area contributed by atoms with Crippen LogP contribution >= 0.6 is 11.3 Å². The third kappa shape index (κ3) is 2.96. The van der Waals surface area contributed by atoms with Gasteiger partial charge in [0.05, 0.1) is 0 Å². The third-order valence-corrected chi connectivity index (χ3v) is 4.55. The zero-order valence-corrected chi connectivity index (χ0v) is 11.7. The minimum Gasteiger partial charge on any atom is -0.340 e. The van der Waals surface area contributed by atoms with Gasteiger partial charge in [-0.2, -0.15) is 4.98 Å². The highest BCUT2D eigenvalue weighted by Gasteiger charge is 2.20. The van der Waals surface area contributed by atoms with Gasteiger partial charge < -0.3 is 10.6 Å². The van der Waals surface area contributed by atoms with Crippen LogP contribution in [0.2, 0.25) is 0 Å². The first kappa shape index (κ1) is 12.6. The summed E-state index contributed by atoms with van der Waals surface area (Å²) in [6.07, 6.45) is 3.13. The third-order valence-electron chi connectivity index (χ3n) is 3.67. The van der Waals surface area contributed by atoms with Crippen molar-refractivity contribution in [2.45, 2.75) is 19.3 Å². The van der Waals surface area contributed by atoms with E-state index >= 15 is 0 Å². The molecule has 0 atom stereocenters. The number of hydrogen-bond donors (Lipinski definition) is 2. The van der Waals surface area contributed by atoms with Crippen molar-refractivity contribution in [3.8, 4) is 0 Å². The van der Waals surface area contributed by atoms with Gasteiger partial charge in [0.2, 0.25) is 5.95 Å². The number of rotatable bonds is 4. The molecule has 1 aliphatic heterocycles. The van der Waals surface area contributed by atoms with Crippen LogP contribution < -0.4 is 10.6 Å². The van der Waals surface area contributed by atoms with Gasteiger partial charge in [0.15, 0.2) is 0 Å². The molecule has 0 spiro atoms. The van der Waals surface area contributed by atoms with Gasteiger partial charge in [-0.25, -0.2) is 0 Å². The highest BCUT2D eigenvalue weighted by molar-refractivity contribution is 7.09. The number of piperidine rings is 1. The summed E-state index contributed by atoms with van der Waals surface area (Å²) in [4.78, 5) is 8.15. The van der Waals surface area contributed by atoms with E-state index in [9.17, 15) is 0 Å². The van der Waals surface area contributed by atoms with E-state index in [0.717, 1.165) is 50.7 Å². The van der Waals surface area contributed by atoms with Crippen LogP contribution in [0, 0.1) is 5.92 Å². The SMILES string of the molecule is NCC1CCN(c2n[nH]c(Cc3cccs3)n2)CC1. The van der Waals surface area contributed by atoms with Crippen LogP contribution in [0.5, 0.6) is 0 Å². The van der Waals surface area contributed by atoms with Gasteiger partial charge in [-0.05, 0) is 36.8 Å². The monoisotopic (exact) mass is 277 g/mol. The van der Waals surface area contributed by atoms with Gasteiger partial charge >= 0.3 is 0 Å². The number of H-pyrrole nitrogens is 1. The minimum atomic E-state index is 0.667. The predicted molar refractivity (Wildman–Crippen MR) is 77.5 cm³/mol. The van der Waals surface area contributed by atoms with Gasteiger partial charge in [0.25, 0.3) is 0 Å². The van der Waals surface area contributed by atoms with Crippen LogP contribution in [0.3, 0.4) is 0 Å². The summed E-state index contributed by atoms with van der Waals surface area (Å²) in [5, 5.41) is 9.47. The molecule has 1 aliphatic rings. The molecule has 5 nitrogen and oxygen atoms in total. The molecule has 19 heavy (non-hydrogen) atoms. The van der Waals surface area contributed by atoms with Gasteiger partial charge in [-0.1, -0.05) is 6.07 Å². The highest BCUT2D eigenvalue weighted by Crippen LogP contribution is 2.20. The van der Waals surface area contributed by atoms with E-state index in [2.05, 4.69) is 37.6 Å². The van der Waals surface area contributed by atoms with E-state index in [1.54, 1.807) is 11.3 Å². The molecule has 0 aliphatic carbocycles. The predicted octanol–water partition coefficient (Wildman–Crippen LogP) is 1.63. The average molecular weight is 277 g/mol. The van der Waals surface area contributed by atoms with E-state index in [-0.39, 0.29) is 0 Å². The maximum absolute atomic E-state index is 5.71. The first-order valence-corrected chi connectivity index (χ1v) is 7.62. The molecule has 0 radical (unpaired) electrons. The molecule has 3 rings (SSSR count). The van der Waals surface area contributed by atoms with Crippen LogP contribution in [-0.2, 0) is 6.42 Å². The Kier molecular flexibility index (Phi) is 3.79. The van der Waals surface area contributed by atoms with Crippen molar-refractivity contribution in [2.24, 2.45) is 11.7 Å². The number of hydrogen-bond acceptors (Lipinski definition) is 5. The highest BCUT2D eigenvalue weighted by atomic mass is 32.1. The van der Waals surface area contributed by atoms with Crippen molar-refractivity contribution in [3.63, 3.8) is 0 Å². The second kappa shape index (κ2) is 5.71. The summed E-state index contributed by atoms with van der Waals surface area (Å²) in [5.74, 6) is 2.45. The Morgan fingerprint density at radius 1 is 1.42 bits per heavy atom. The first-order valence-electron chi connectivity index (χ1n) is 6.74. The van der Waals surface area contributed by atoms with Crippen LogP contribution in [-0.4, -0.2) is 34.8 Å². The summed E-state index contributed by atoms with van der Waals surface area (Å²) in [5.41, 5.74) is 5.71. The largest absolute Gasteiger partial charge is 0.340 e. The molecule has 0 bridgehead atoms. The zero-order valence-electron chi connectivity index (χ0n) is 10.9. The average Bonchev–Trinajstić information content (AvgIpc) is 3.11. The van der Waals surface area contributed by atoms with Gasteiger partial charge in [0.1, 0.15) is 5.82 Å². The van der Waals surface area contributed by atoms with Crippen LogP contribution in [0.1, 0.15) is 23.5 Å². The lowest BCUT2D eigenvalue weighted by atomic mass is 9.97. The fourth-order valence-electron chi connectivity index (χ4n) is 2.45. The molecule has 0 amide bonds. The van der Waals surface area contributed by atoms with Crippen molar-refractivity contribution < 1.29 is 0 Å². The number of nitrogens with two attached hydrogens (primary N) is 1. The summed E-state index contributed by atoms with van der Waals surface area (Å²) in [7, 11) is 0. The fraction of sp³-hybridized carbons (Fsp3) is 0.538. The molecule has 2 aromatic heterocycles. The van der Waals surface area contributed by atoms with Gasteiger partial charge in [0, 0.05) is 24.4 Å². The molecule has 6 heteroatoms. The molecule has 3 N–H and O–H groups in total. The van der Waals surface area contributed by atoms with Crippen molar-refractivity contribution >= 4 is 17.3 Å². The number of aromatic nitrogens is 3. The normalized spacial score (nSPS) is 17.0. The summed E-state index contributed by atoms with van der Waals surface area (Å²) in [6.45, 7) is 2.82. The van der Waals surface area contributed by atoms with Crippen molar-refractivity contribution in [1.29, 1.82) is 0 Å². The molecule has 0 saturated carbocycles. The van der Waals surface area contributed by atoms with Crippen LogP contribution in [0.15, 0.2) is 17.5 Å². The van der Waals surface area contributed by atoms with E-state index < -0.39 is 0 Å². The lowest BCUT2D eigenvalue weighted by molar-refractivity contribution is 0.411. The Labute approximate surface area is 116 Å². The topological polar surface area (TPSA) is 70.8 Å². The zero-order chi connectivity index (χ0) is 13.1. The Morgan fingerprint density at radius 3 is 2.95 bits per heavy atom. The van der Waals surface area contributed by atoms with E-state index in [1.807, 2.05) is 0 Å². The second-order valence-corrected chi connectivity index (χ2v) is 6.04. The van der Waals surface area contributed by atoms with Crippen molar-refractivity contribution in [1.82, 2.24) is 15.2 Å². The fourth-order valence-corrected chi connectivity index (χ4v) is 3.16. The number of thiophene rings is 1. The molecule has 1 fully saturated rings. The second-order valence-electron chi connectivity index (χ2n) is 5.00. The summed E-state index contributed by atoms with van der Waals surface area (Å²) < 4.78 is 0. The number of nitrogens with one attached hydrogen (secondary N) is 1. The maximum Gasteiger partial charge on any atom is 0.244 e. The number of nitrogens with zero attached hydrogens (tertiary/aromatic N) is 3. The minimum absolute atomic E-state index is 0.667. The molecule has 2 aromatic rings. The first-order chi connectivity index (χ1) is 9.35. The molecule has 0 unspecified atom stereocenters. The Morgan fingerprint density at radius 2 is 2.26 bits per heavy atom. The van der Waals surface area contributed by atoms with Gasteiger partial charge in [-0.15, -0.1) is 16.4 Å². The van der Waals surface area contributed by atoms with Gasteiger partial charge in [-0.3, -0.25) is 5.10 Å². The summed E-state index contributed by atoms with van der Waals surface area (Å²) in [6, 6.07) is 4.19. The molecule has 102 valence electrons. The van der Waals surface area contributed by atoms with Crippen LogP contribution in [0.4, 0.5) is 5.95 Å². The molecule has 0 aromatic carbocycles. The van der Waals surface area contributed by atoms with Crippen molar-refractivity contribution in [2.75, 3.05) is 24.5 Å². The smallest absolute Gasteiger partial charge is 0.244 e. The van der Waals surface area contributed by atoms with E-state index in [4.69, 9.17) is 5.73 Å². The number of anilines is 1. The molecule has 1 saturated heterocycles. The Balaban J connectivity index is 1.62. The van der Waals surface area contributed by atoms with Crippen LogP contribution in [0.25, 0.3) is 0 Å². The lowest BCUT2D eigenvalue weighted by Crippen LogP contribution is -2.36. The Bertz CT molecular complexity index is 499. The molecule has 3 heterocycles. The lowest BCUT2D eigenvalue weighted by Gasteiger charge is -2.30. The maximum atomic E-state index is 5.71. The van der Waals surface area contributed by atoms with E-state index in [0.29, 0.717) is 5.92 Å².